The number of hydrogen-bond donors (Lipinski definition) is 0. The van der Waals surface area contributed by atoms with Gasteiger partial charge in [-0.05, 0) is 88.5 Å². The van der Waals surface area contributed by atoms with Crippen molar-refractivity contribution in [2.24, 2.45) is 0 Å². The van der Waals surface area contributed by atoms with Gasteiger partial charge in [-0.2, -0.15) is 0 Å². The highest BCUT2D eigenvalue weighted by atomic mass is 16.3. The van der Waals surface area contributed by atoms with E-state index in [9.17, 15) is 0 Å². The van der Waals surface area contributed by atoms with Gasteiger partial charge >= 0.3 is 0 Å². The quantitative estimate of drug-likeness (QED) is 0.163. The van der Waals surface area contributed by atoms with Crippen molar-refractivity contribution in [2.75, 3.05) is 4.90 Å². The number of benzene rings is 9. The van der Waals surface area contributed by atoms with Crippen LogP contribution in [0.4, 0.5) is 17.1 Å². The SMILES string of the molecule is c1ccc(-c2ccccc2-c2cccc(-n3c4ccccc4c4ccc(N(c5ccc6oc7ccccc7c6c5)c5ccccc5-c5ccccc5)cc43)c2)cc1. The summed E-state index contributed by atoms with van der Waals surface area (Å²) in [5.74, 6) is 0. The summed E-state index contributed by atoms with van der Waals surface area (Å²) >= 11 is 0. The van der Waals surface area contributed by atoms with Crippen LogP contribution >= 0.6 is 0 Å². The summed E-state index contributed by atoms with van der Waals surface area (Å²) in [6, 6.07) is 78.2. The molecule has 57 heavy (non-hydrogen) atoms. The molecule has 9 aromatic carbocycles. The fourth-order valence-corrected chi connectivity index (χ4v) is 8.60. The van der Waals surface area contributed by atoms with Gasteiger partial charge in [-0.3, -0.25) is 0 Å². The minimum absolute atomic E-state index is 0.876. The van der Waals surface area contributed by atoms with Crippen molar-refractivity contribution >= 4 is 60.8 Å². The Kier molecular flexibility index (Phi) is 7.82. The van der Waals surface area contributed by atoms with Crippen molar-refractivity contribution in [2.45, 2.75) is 0 Å². The normalized spacial score (nSPS) is 11.5. The molecular formula is C54H36N2O. The van der Waals surface area contributed by atoms with Gasteiger partial charge in [0.1, 0.15) is 11.2 Å². The highest BCUT2D eigenvalue weighted by Gasteiger charge is 2.21. The number of fused-ring (bicyclic) bond motifs is 6. The monoisotopic (exact) mass is 728 g/mol. The van der Waals surface area contributed by atoms with Crippen molar-refractivity contribution in [3.05, 3.63) is 218 Å². The minimum atomic E-state index is 0.876. The maximum absolute atomic E-state index is 6.30. The first-order chi connectivity index (χ1) is 28.3. The van der Waals surface area contributed by atoms with Crippen LogP contribution < -0.4 is 4.90 Å². The molecule has 0 saturated heterocycles. The van der Waals surface area contributed by atoms with Gasteiger partial charge in [0.05, 0.1) is 16.7 Å². The van der Waals surface area contributed by atoms with Crippen LogP contribution in [0, 0.1) is 0 Å². The fourth-order valence-electron chi connectivity index (χ4n) is 8.60. The van der Waals surface area contributed by atoms with E-state index in [1.54, 1.807) is 0 Å². The molecule has 0 aliphatic rings. The minimum Gasteiger partial charge on any atom is -0.456 e. The molecule has 0 N–H and O–H groups in total. The summed E-state index contributed by atoms with van der Waals surface area (Å²) in [7, 11) is 0. The zero-order valence-corrected chi connectivity index (χ0v) is 31.1. The number of para-hydroxylation sites is 3. The van der Waals surface area contributed by atoms with E-state index < -0.39 is 0 Å². The average molecular weight is 729 g/mol. The number of anilines is 3. The van der Waals surface area contributed by atoms with Crippen molar-refractivity contribution in [3.63, 3.8) is 0 Å². The first-order valence-corrected chi connectivity index (χ1v) is 19.4. The Labute approximate surface area is 330 Å². The molecule has 3 heteroatoms. The number of rotatable bonds is 7. The molecular weight excluding hydrogens is 693 g/mol. The molecule has 0 amide bonds. The molecule has 0 aliphatic carbocycles. The number of hydrogen-bond acceptors (Lipinski definition) is 2. The maximum atomic E-state index is 6.30. The van der Waals surface area contributed by atoms with Gasteiger partial charge in [0, 0.05) is 44.2 Å². The van der Waals surface area contributed by atoms with Crippen LogP contribution in [-0.2, 0) is 0 Å². The molecule has 0 unspecified atom stereocenters. The van der Waals surface area contributed by atoms with Crippen molar-refractivity contribution in [1.82, 2.24) is 4.57 Å². The van der Waals surface area contributed by atoms with E-state index in [0.29, 0.717) is 0 Å². The van der Waals surface area contributed by atoms with Crippen LogP contribution in [0.3, 0.4) is 0 Å². The molecule has 2 aromatic heterocycles. The lowest BCUT2D eigenvalue weighted by atomic mass is 9.94. The van der Waals surface area contributed by atoms with Gasteiger partial charge in [-0.1, -0.05) is 158 Å². The predicted octanol–water partition coefficient (Wildman–Crippen LogP) is 15.2. The second-order valence-corrected chi connectivity index (χ2v) is 14.5. The van der Waals surface area contributed by atoms with Crippen LogP contribution in [0.25, 0.3) is 82.8 Å². The van der Waals surface area contributed by atoms with Crippen molar-refractivity contribution < 1.29 is 4.42 Å². The average Bonchev–Trinajstić information content (AvgIpc) is 3.82. The molecule has 0 aliphatic heterocycles. The van der Waals surface area contributed by atoms with E-state index in [1.807, 2.05) is 12.1 Å². The molecule has 11 rings (SSSR count). The summed E-state index contributed by atoms with van der Waals surface area (Å²) in [6.07, 6.45) is 0. The molecule has 0 radical (unpaired) electrons. The largest absolute Gasteiger partial charge is 0.456 e. The summed E-state index contributed by atoms with van der Waals surface area (Å²) in [5.41, 5.74) is 15.5. The molecule has 0 fully saturated rings. The third-order valence-electron chi connectivity index (χ3n) is 11.2. The maximum Gasteiger partial charge on any atom is 0.135 e. The Balaban J connectivity index is 1.14. The van der Waals surface area contributed by atoms with Gasteiger partial charge in [0.15, 0.2) is 0 Å². The van der Waals surface area contributed by atoms with Crippen LogP contribution in [0.5, 0.6) is 0 Å². The van der Waals surface area contributed by atoms with Gasteiger partial charge in [-0.15, -0.1) is 0 Å². The van der Waals surface area contributed by atoms with E-state index in [4.69, 9.17) is 4.42 Å². The molecule has 0 spiro atoms. The molecule has 0 bridgehead atoms. The highest BCUT2D eigenvalue weighted by molar-refractivity contribution is 6.11. The standard InChI is InChI=1S/C54H36N2O/c1-3-16-37(17-4-1)43-22-7-8-23-44(43)39-20-15-21-40(34-39)56-51-28-13-10-25-46(51)47-32-30-42(36-52(47)56)55(50-27-12-9-24-45(50)38-18-5-2-6-19-38)41-31-33-54-49(35-41)48-26-11-14-29-53(48)57-54/h1-36H. The Bertz CT molecular complexity index is 3250. The second kappa shape index (κ2) is 13.6. The third kappa shape index (κ3) is 5.60. The summed E-state index contributed by atoms with van der Waals surface area (Å²) in [6.45, 7) is 0. The molecule has 0 atom stereocenters. The molecule has 2 heterocycles. The molecule has 0 saturated carbocycles. The second-order valence-electron chi connectivity index (χ2n) is 14.5. The lowest BCUT2D eigenvalue weighted by Crippen LogP contribution is -2.11. The predicted molar refractivity (Wildman–Crippen MR) is 239 cm³/mol. The third-order valence-corrected chi connectivity index (χ3v) is 11.2. The fraction of sp³-hybridized carbons (Fsp3) is 0. The summed E-state index contributed by atoms with van der Waals surface area (Å²) < 4.78 is 8.73. The van der Waals surface area contributed by atoms with Crippen molar-refractivity contribution in [1.29, 1.82) is 0 Å². The topological polar surface area (TPSA) is 21.3 Å². The van der Waals surface area contributed by atoms with Gasteiger partial charge < -0.3 is 13.9 Å². The Hall–Kier alpha value is -7.62. The lowest BCUT2D eigenvalue weighted by molar-refractivity contribution is 0.669. The first-order valence-electron chi connectivity index (χ1n) is 19.4. The Morgan fingerprint density at radius 3 is 1.70 bits per heavy atom. The van der Waals surface area contributed by atoms with E-state index in [1.165, 1.54) is 38.5 Å². The lowest BCUT2D eigenvalue weighted by Gasteiger charge is -2.28. The Morgan fingerprint density at radius 2 is 0.895 bits per heavy atom. The van der Waals surface area contributed by atoms with E-state index in [0.717, 1.165) is 61.3 Å². The first kappa shape index (κ1) is 32.8. The zero-order chi connectivity index (χ0) is 37.7. The van der Waals surface area contributed by atoms with Crippen LogP contribution in [-0.4, -0.2) is 4.57 Å². The van der Waals surface area contributed by atoms with E-state index >= 15 is 0 Å². The van der Waals surface area contributed by atoms with Crippen LogP contribution in [0.15, 0.2) is 223 Å². The zero-order valence-electron chi connectivity index (χ0n) is 31.1. The van der Waals surface area contributed by atoms with Gasteiger partial charge in [-0.25, -0.2) is 0 Å². The van der Waals surface area contributed by atoms with Crippen molar-refractivity contribution in [3.8, 4) is 39.1 Å². The summed E-state index contributed by atoms with van der Waals surface area (Å²) in [4.78, 5) is 2.40. The molecule has 11 aromatic rings. The van der Waals surface area contributed by atoms with Gasteiger partial charge in [0.2, 0.25) is 0 Å². The number of furan rings is 1. The highest BCUT2D eigenvalue weighted by Crippen LogP contribution is 2.45. The van der Waals surface area contributed by atoms with Gasteiger partial charge in [0.25, 0.3) is 0 Å². The molecule has 268 valence electrons. The van der Waals surface area contributed by atoms with E-state index in [2.05, 4.69) is 216 Å². The summed E-state index contributed by atoms with van der Waals surface area (Å²) in [5, 5.41) is 4.62. The molecule has 3 nitrogen and oxygen atoms in total. The number of nitrogens with zero attached hydrogens (tertiary/aromatic N) is 2. The smallest absolute Gasteiger partial charge is 0.135 e. The number of aromatic nitrogens is 1. The van der Waals surface area contributed by atoms with Crippen LogP contribution in [0.1, 0.15) is 0 Å². The van der Waals surface area contributed by atoms with Crippen LogP contribution in [0.2, 0.25) is 0 Å². The Morgan fingerprint density at radius 1 is 0.333 bits per heavy atom. The van der Waals surface area contributed by atoms with E-state index in [-0.39, 0.29) is 0 Å².